The molecule has 1 unspecified atom stereocenters. The van der Waals surface area contributed by atoms with E-state index in [0.29, 0.717) is 0 Å². The summed E-state index contributed by atoms with van der Waals surface area (Å²) in [5, 5.41) is 5.62. The lowest BCUT2D eigenvalue weighted by Crippen LogP contribution is -2.48. The van der Waals surface area contributed by atoms with Gasteiger partial charge < -0.3 is 10.1 Å². The molecular weight excluding hydrogens is 234 g/mol. The van der Waals surface area contributed by atoms with Gasteiger partial charge in [-0.05, 0) is 19.8 Å². The average Bonchev–Trinajstić information content (AvgIpc) is 2.87. The van der Waals surface area contributed by atoms with Crippen molar-refractivity contribution in [1.29, 1.82) is 0 Å². The number of aromatic nitrogens is 2. The summed E-state index contributed by atoms with van der Waals surface area (Å²) in [4.78, 5) is 5.63. The number of nitrogens with one attached hydrogen (secondary N) is 1. The van der Waals surface area contributed by atoms with Gasteiger partial charge in [0.15, 0.2) is 4.96 Å². The van der Waals surface area contributed by atoms with E-state index in [0.717, 1.165) is 36.8 Å². The first-order chi connectivity index (χ1) is 8.25. The lowest BCUT2D eigenvalue weighted by molar-refractivity contribution is 0.0276. The van der Waals surface area contributed by atoms with E-state index in [9.17, 15) is 0 Å². The summed E-state index contributed by atoms with van der Waals surface area (Å²) in [5.41, 5.74) is 1.21. The molecule has 3 heterocycles. The van der Waals surface area contributed by atoms with E-state index in [1.807, 2.05) is 6.20 Å². The van der Waals surface area contributed by atoms with Crippen molar-refractivity contribution in [1.82, 2.24) is 14.7 Å². The van der Waals surface area contributed by atoms with Crippen molar-refractivity contribution >= 4 is 16.3 Å². The van der Waals surface area contributed by atoms with Crippen LogP contribution < -0.4 is 5.32 Å². The van der Waals surface area contributed by atoms with E-state index < -0.39 is 0 Å². The molecule has 1 aliphatic rings. The van der Waals surface area contributed by atoms with Crippen LogP contribution in [-0.2, 0) is 11.3 Å². The Bertz CT molecular complexity index is 470. The number of ether oxygens (including phenoxy) is 1. The molecule has 17 heavy (non-hydrogen) atoms. The largest absolute Gasteiger partial charge is 0.380 e. The van der Waals surface area contributed by atoms with Gasteiger partial charge in [-0.1, -0.05) is 0 Å². The molecule has 0 radical (unpaired) electrons. The van der Waals surface area contributed by atoms with Gasteiger partial charge in [-0.15, -0.1) is 11.3 Å². The van der Waals surface area contributed by atoms with Gasteiger partial charge in [0.1, 0.15) is 0 Å². The van der Waals surface area contributed by atoms with Crippen LogP contribution in [0.1, 0.15) is 25.5 Å². The Morgan fingerprint density at radius 1 is 1.65 bits per heavy atom. The molecule has 1 atom stereocenters. The van der Waals surface area contributed by atoms with E-state index >= 15 is 0 Å². The molecule has 1 fully saturated rings. The molecule has 4 nitrogen and oxygen atoms in total. The van der Waals surface area contributed by atoms with Crippen molar-refractivity contribution in [2.75, 3.05) is 13.2 Å². The number of nitrogens with zero attached hydrogens (tertiary/aromatic N) is 2. The van der Waals surface area contributed by atoms with Gasteiger partial charge in [-0.25, -0.2) is 4.98 Å². The zero-order chi connectivity index (χ0) is 11.7. The Kier molecular flexibility index (Phi) is 2.90. The zero-order valence-corrected chi connectivity index (χ0v) is 10.8. The van der Waals surface area contributed by atoms with Crippen LogP contribution in [0.4, 0.5) is 0 Å². The van der Waals surface area contributed by atoms with Gasteiger partial charge in [0.25, 0.3) is 0 Å². The van der Waals surface area contributed by atoms with E-state index in [2.05, 4.69) is 33.2 Å². The summed E-state index contributed by atoms with van der Waals surface area (Å²) in [5.74, 6) is 0. The van der Waals surface area contributed by atoms with Gasteiger partial charge >= 0.3 is 0 Å². The van der Waals surface area contributed by atoms with Crippen LogP contribution in [0.2, 0.25) is 0 Å². The minimum atomic E-state index is 0.106. The Morgan fingerprint density at radius 3 is 3.35 bits per heavy atom. The molecule has 92 valence electrons. The number of imidazole rings is 1. The van der Waals surface area contributed by atoms with Gasteiger partial charge in [0.2, 0.25) is 0 Å². The monoisotopic (exact) mass is 251 g/mol. The van der Waals surface area contributed by atoms with Crippen molar-refractivity contribution in [3.05, 3.63) is 23.5 Å². The molecule has 2 aromatic heterocycles. The topological polar surface area (TPSA) is 38.6 Å². The molecular formula is C12H17N3OS. The second-order valence-corrected chi connectivity index (χ2v) is 5.77. The van der Waals surface area contributed by atoms with Crippen molar-refractivity contribution in [2.24, 2.45) is 0 Å². The van der Waals surface area contributed by atoms with Crippen molar-refractivity contribution in [2.45, 2.75) is 31.8 Å². The van der Waals surface area contributed by atoms with Crippen LogP contribution in [0, 0.1) is 0 Å². The van der Waals surface area contributed by atoms with Gasteiger partial charge in [0.05, 0.1) is 12.3 Å². The summed E-state index contributed by atoms with van der Waals surface area (Å²) < 4.78 is 7.60. The lowest BCUT2D eigenvalue weighted by Gasteiger charge is -2.34. The zero-order valence-electron chi connectivity index (χ0n) is 9.98. The van der Waals surface area contributed by atoms with E-state index in [1.165, 1.54) is 6.42 Å². The highest BCUT2D eigenvalue weighted by atomic mass is 32.1. The minimum Gasteiger partial charge on any atom is -0.380 e. The Hall–Kier alpha value is -0.910. The van der Waals surface area contributed by atoms with Gasteiger partial charge in [-0.2, -0.15) is 0 Å². The predicted molar refractivity (Wildman–Crippen MR) is 68.4 cm³/mol. The third-order valence-corrected chi connectivity index (χ3v) is 4.05. The van der Waals surface area contributed by atoms with Crippen LogP contribution in [0.5, 0.6) is 0 Å². The fraction of sp³-hybridized carbons (Fsp3) is 0.583. The fourth-order valence-corrected chi connectivity index (χ4v) is 2.96. The number of hydrogen-bond donors (Lipinski definition) is 1. The van der Waals surface area contributed by atoms with E-state index in [1.54, 1.807) is 11.3 Å². The normalized spacial score (nSPS) is 25.5. The number of fused-ring (bicyclic) bond motifs is 1. The maximum Gasteiger partial charge on any atom is 0.193 e. The summed E-state index contributed by atoms with van der Waals surface area (Å²) >= 11 is 1.67. The highest BCUT2D eigenvalue weighted by Crippen LogP contribution is 2.19. The first-order valence-electron chi connectivity index (χ1n) is 5.99. The number of rotatable bonds is 3. The van der Waals surface area contributed by atoms with Crippen molar-refractivity contribution in [3.63, 3.8) is 0 Å². The molecule has 3 rings (SSSR count). The van der Waals surface area contributed by atoms with Gasteiger partial charge in [0, 0.05) is 36.5 Å². The van der Waals surface area contributed by atoms with E-state index in [4.69, 9.17) is 4.74 Å². The maximum absolute atomic E-state index is 5.53. The van der Waals surface area contributed by atoms with Gasteiger partial charge in [-0.3, -0.25) is 4.40 Å². The molecule has 2 aromatic rings. The molecule has 0 aromatic carbocycles. The van der Waals surface area contributed by atoms with Crippen molar-refractivity contribution in [3.8, 4) is 0 Å². The summed E-state index contributed by atoms with van der Waals surface area (Å²) in [6.07, 6.45) is 6.45. The standard InChI is InChI=1S/C12H17N3OS/c1-12(3-2-5-16-9-12)13-7-10-8-15-4-6-17-11(15)14-10/h4,6,8,13H,2-3,5,7,9H2,1H3. The third kappa shape index (κ3) is 2.36. The summed E-state index contributed by atoms with van der Waals surface area (Å²) in [6, 6.07) is 0. The molecule has 0 saturated carbocycles. The summed E-state index contributed by atoms with van der Waals surface area (Å²) in [6.45, 7) is 4.74. The SMILES string of the molecule is CC1(NCc2cn3ccsc3n2)CCCOC1. The highest BCUT2D eigenvalue weighted by molar-refractivity contribution is 7.15. The van der Waals surface area contributed by atoms with Crippen LogP contribution >= 0.6 is 11.3 Å². The smallest absolute Gasteiger partial charge is 0.193 e. The Labute approximate surface area is 105 Å². The minimum absolute atomic E-state index is 0.106. The van der Waals surface area contributed by atoms with Crippen molar-refractivity contribution < 1.29 is 4.74 Å². The lowest BCUT2D eigenvalue weighted by atomic mass is 9.95. The summed E-state index contributed by atoms with van der Waals surface area (Å²) in [7, 11) is 0. The Balaban J connectivity index is 1.65. The molecule has 5 heteroatoms. The molecule has 1 aliphatic heterocycles. The first-order valence-corrected chi connectivity index (χ1v) is 6.87. The van der Waals surface area contributed by atoms with Crippen LogP contribution in [0.15, 0.2) is 17.8 Å². The molecule has 1 saturated heterocycles. The quantitative estimate of drug-likeness (QED) is 0.907. The predicted octanol–water partition coefficient (Wildman–Crippen LogP) is 2.05. The highest BCUT2D eigenvalue weighted by Gasteiger charge is 2.26. The van der Waals surface area contributed by atoms with Crippen LogP contribution in [0.25, 0.3) is 4.96 Å². The number of hydrogen-bond acceptors (Lipinski definition) is 4. The molecule has 0 amide bonds. The first kappa shape index (κ1) is 11.2. The fourth-order valence-electron chi connectivity index (χ4n) is 2.24. The molecule has 0 aliphatic carbocycles. The third-order valence-electron chi connectivity index (χ3n) is 3.28. The van der Waals surface area contributed by atoms with Crippen LogP contribution in [0.3, 0.4) is 0 Å². The molecule has 0 spiro atoms. The second-order valence-electron chi connectivity index (χ2n) is 4.90. The number of thiazole rings is 1. The maximum atomic E-state index is 5.53. The van der Waals surface area contributed by atoms with Crippen LogP contribution in [-0.4, -0.2) is 28.1 Å². The average molecular weight is 251 g/mol. The Morgan fingerprint density at radius 2 is 2.59 bits per heavy atom. The van der Waals surface area contributed by atoms with E-state index in [-0.39, 0.29) is 5.54 Å². The second kappa shape index (κ2) is 4.40. The molecule has 0 bridgehead atoms. The molecule has 1 N–H and O–H groups in total.